The van der Waals surface area contributed by atoms with Crippen molar-refractivity contribution in [2.75, 3.05) is 32.9 Å². The highest BCUT2D eigenvalue weighted by Gasteiger charge is 2.32. The fraction of sp³-hybridized carbons (Fsp3) is 0.538. The molecular formula is C13H16ClF5N2. The van der Waals surface area contributed by atoms with Gasteiger partial charge < -0.3 is 5.32 Å². The highest BCUT2D eigenvalue weighted by atomic mass is 35.5. The van der Waals surface area contributed by atoms with Crippen LogP contribution in [0.4, 0.5) is 22.0 Å². The summed E-state index contributed by atoms with van der Waals surface area (Å²) in [7, 11) is 0. The summed E-state index contributed by atoms with van der Waals surface area (Å²) < 4.78 is 64.5. The van der Waals surface area contributed by atoms with Crippen LogP contribution in [0.2, 0.25) is 0 Å². The van der Waals surface area contributed by atoms with Gasteiger partial charge in [0.2, 0.25) is 0 Å². The van der Waals surface area contributed by atoms with Crippen molar-refractivity contribution >= 4 is 12.4 Å². The van der Waals surface area contributed by atoms with E-state index in [4.69, 9.17) is 0 Å². The lowest BCUT2D eigenvalue weighted by Gasteiger charge is -2.33. The van der Waals surface area contributed by atoms with E-state index in [1.165, 1.54) is 0 Å². The second kappa shape index (κ2) is 7.38. The van der Waals surface area contributed by atoms with Gasteiger partial charge in [-0.05, 0) is 12.1 Å². The van der Waals surface area contributed by atoms with Gasteiger partial charge >= 0.3 is 6.18 Å². The molecule has 1 aromatic rings. The fourth-order valence-electron chi connectivity index (χ4n) is 2.34. The standard InChI is InChI=1S/C13H15F5N2.ClH/c14-8-12(20-5-3-19-4-6-20)10-2-1-9(7-11(10)15)13(16,17)18;/h1-2,7,12,19H,3-6,8H2;1H/t12-;/m1./s1. The van der Waals surface area contributed by atoms with E-state index >= 15 is 0 Å². The molecule has 0 amide bonds. The Labute approximate surface area is 125 Å². The molecule has 2 rings (SSSR count). The fourth-order valence-corrected chi connectivity index (χ4v) is 2.34. The average molecular weight is 331 g/mol. The van der Waals surface area contributed by atoms with Crippen LogP contribution in [0.25, 0.3) is 0 Å². The second-order valence-electron chi connectivity index (χ2n) is 4.69. The molecular weight excluding hydrogens is 315 g/mol. The quantitative estimate of drug-likeness (QED) is 0.856. The Balaban J connectivity index is 0.00000220. The number of hydrogen-bond donors (Lipinski definition) is 1. The second-order valence-corrected chi connectivity index (χ2v) is 4.69. The Morgan fingerprint density at radius 2 is 1.81 bits per heavy atom. The van der Waals surface area contributed by atoms with Crippen LogP contribution in [-0.2, 0) is 6.18 Å². The van der Waals surface area contributed by atoms with E-state index in [0.717, 1.165) is 12.1 Å². The van der Waals surface area contributed by atoms with E-state index in [0.29, 0.717) is 32.2 Å². The lowest BCUT2D eigenvalue weighted by atomic mass is 10.0. The van der Waals surface area contributed by atoms with Crippen molar-refractivity contribution in [3.8, 4) is 0 Å². The van der Waals surface area contributed by atoms with E-state index < -0.39 is 30.3 Å². The van der Waals surface area contributed by atoms with Crippen molar-refractivity contribution < 1.29 is 22.0 Å². The first kappa shape index (κ1) is 18.1. The molecule has 1 fully saturated rings. The van der Waals surface area contributed by atoms with Crippen LogP contribution in [0.3, 0.4) is 0 Å². The summed E-state index contributed by atoms with van der Waals surface area (Å²) in [5, 5.41) is 3.08. The van der Waals surface area contributed by atoms with Gasteiger partial charge in [0.15, 0.2) is 0 Å². The van der Waals surface area contributed by atoms with Crippen molar-refractivity contribution in [1.82, 2.24) is 10.2 Å². The summed E-state index contributed by atoms with van der Waals surface area (Å²) in [6.07, 6.45) is -4.60. The predicted octanol–water partition coefficient (Wildman–Crippen LogP) is 3.18. The van der Waals surface area contributed by atoms with E-state index in [1.54, 1.807) is 4.90 Å². The number of piperazine rings is 1. The van der Waals surface area contributed by atoms with Gasteiger partial charge in [-0.25, -0.2) is 8.78 Å². The smallest absolute Gasteiger partial charge is 0.314 e. The highest BCUT2D eigenvalue weighted by molar-refractivity contribution is 5.85. The molecule has 0 radical (unpaired) electrons. The lowest BCUT2D eigenvalue weighted by molar-refractivity contribution is -0.137. The van der Waals surface area contributed by atoms with Crippen LogP contribution in [0, 0.1) is 5.82 Å². The van der Waals surface area contributed by atoms with Crippen LogP contribution >= 0.6 is 12.4 Å². The van der Waals surface area contributed by atoms with Crippen LogP contribution in [0.1, 0.15) is 17.2 Å². The van der Waals surface area contributed by atoms with Crippen molar-refractivity contribution in [1.29, 1.82) is 0 Å². The van der Waals surface area contributed by atoms with E-state index in [1.807, 2.05) is 0 Å². The number of nitrogens with zero attached hydrogens (tertiary/aromatic N) is 1. The van der Waals surface area contributed by atoms with E-state index in [-0.39, 0.29) is 18.0 Å². The van der Waals surface area contributed by atoms with Gasteiger partial charge in [0.25, 0.3) is 0 Å². The zero-order valence-electron chi connectivity index (χ0n) is 11.1. The minimum atomic E-state index is -4.60. The van der Waals surface area contributed by atoms with Gasteiger partial charge in [0.1, 0.15) is 12.5 Å². The highest BCUT2D eigenvalue weighted by Crippen LogP contribution is 2.32. The molecule has 0 unspecified atom stereocenters. The summed E-state index contributed by atoms with van der Waals surface area (Å²) in [6.45, 7) is 1.55. The van der Waals surface area contributed by atoms with Gasteiger partial charge in [-0.3, -0.25) is 4.90 Å². The molecule has 1 saturated heterocycles. The van der Waals surface area contributed by atoms with Crippen molar-refractivity contribution in [3.63, 3.8) is 0 Å². The largest absolute Gasteiger partial charge is 0.416 e. The Hall–Kier alpha value is -0.920. The Bertz CT molecular complexity index is 460. The average Bonchev–Trinajstić information content (AvgIpc) is 2.41. The monoisotopic (exact) mass is 330 g/mol. The number of rotatable bonds is 3. The molecule has 1 atom stereocenters. The first-order chi connectivity index (χ1) is 9.43. The Kier molecular flexibility index (Phi) is 6.37. The number of alkyl halides is 4. The first-order valence-corrected chi connectivity index (χ1v) is 6.31. The minimum Gasteiger partial charge on any atom is -0.314 e. The summed E-state index contributed by atoms with van der Waals surface area (Å²) in [5.74, 6) is -1.01. The van der Waals surface area contributed by atoms with Gasteiger partial charge in [-0.1, -0.05) is 6.07 Å². The van der Waals surface area contributed by atoms with Crippen LogP contribution < -0.4 is 5.32 Å². The molecule has 8 heteroatoms. The number of nitrogens with one attached hydrogen (secondary N) is 1. The Morgan fingerprint density at radius 1 is 1.19 bits per heavy atom. The summed E-state index contributed by atoms with van der Waals surface area (Å²) >= 11 is 0. The molecule has 0 saturated carbocycles. The molecule has 1 aliphatic heterocycles. The summed E-state index contributed by atoms with van der Waals surface area (Å²) in [4.78, 5) is 1.74. The third-order valence-electron chi connectivity index (χ3n) is 3.43. The minimum absolute atomic E-state index is 0. The molecule has 120 valence electrons. The maximum atomic E-state index is 13.9. The van der Waals surface area contributed by atoms with Gasteiger partial charge in [-0.2, -0.15) is 13.2 Å². The van der Waals surface area contributed by atoms with Crippen molar-refractivity contribution in [2.45, 2.75) is 12.2 Å². The number of hydrogen-bond acceptors (Lipinski definition) is 2. The molecule has 0 spiro atoms. The summed E-state index contributed by atoms with van der Waals surface area (Å²) in [6, 6.07) is 1.42. The maximum absolute atomic E-state index is 13.9. The van der Waals surface area contributed by atoms with Gasteiger partial charge in [-0.15, -0.1) is 12.4 Å². The molecule has 0 aromatic heterocycles. The molecule has 0 aliphatic carbocycles. The molecule has 1 aromatic carbocycles. The SMILES string of the molecule is Cl.FC[C@H](c1ccc(C(F)(F)F)cc1F)N1CCNCC1. The zero-order chi connectivity index (χ0) is 14.8. The molecule has 2 nitrogen and oxygen atoms in total. The Morgan fingerprint density at radius 3 is 2.29 bits per heavy atom. The number of benzene rings is 1. The van der Waals surface area contributed by atoms with Gasteiger partial charge in [0.05, 0.1) is 11.6 Å². The molecule has 1 N–H and O–H groups in total. The molecule has 21 heavy (non-hydrogen) atoms. The van der Waals surface area contributed by atoms with Crippen LogP contribution in [0.15, 0.2) is 18.2 Å². The predicted molar refractivity (Wildman–Crippen MR) is 71.8 cm³/mol. The first-order valence-electron chi connectivity index (χ1n) is 6.31. The van der Waals surface area contributed by atoms with Crippen LogP contribution in [0.5, 0.6) is 0 Å². The van der Waals surface area contributed by atoms with E-state index in [2.05, 4.69) is 5.32 Å². The van der Waals surface area contributed by atoms with E-state index in [9.17, 15) is 22.0 Å². The normalized spacial score (nSPS) is 18.1. The zero-order valence-corrected chi connectivity index (χ0v) is 11.9. The topological polar surface area (TPSA) is 15.3 Å². The molecule has 0 bridgehead atoms. The lowest BCUT2D eigenvalue weighted by Crippen LogP contribution is -2.45. The van der Waals surface area contributed by atoms with Gasteiger partial charge in [0, 0.05) is 31.7 Å². The third-order valence-corrected chi connectivity index (χ3v) is 3.43. The maximum Gasteiger partial charge on any atom is 0.416 e. The molecule has 1 aliphatic rings. The summed E-state index contributed by atoms with van der Waals surface area (Å²) in [5.41, 5.74) is -1.08. The molecule has 1 heterocycles. The van der Waals surface area contributed by atoms with Crippen molar-refractivity contribution in [3.05, 3.63) is 35.1 Å². The third kappa shape index (κ3) is 4.28. The van der Waals surface area contributed by atoms with Crippen molar-refractivity contribution in [2.24, 2.45) is 0 Å². The van der Waals surface area contributed by atoms with Crippen LogP contribution in [-0.4, -0.2) is 37.8 Å². The number of halogens is 6.